The standard InChI is InChI=1S/C16H20O3/c1-2-3-9-19-16(18)8-7-14-10-12-5-4-6-13(12)11-15(14)17/h7-8,10-11,17H,2-6,9H2,1H3/b8-7+. The van der Waals surface area contributed by atoms with Crippen LogP contribution in [0.2, 0.25) is 0 Å². The molecule has 0 heterocycles. The number of aryl methyl sites for hydroxylation is 2. The summed E-state index contributed by atoms with van der Waals surface area (Å²) in [7, 11) is 0. The number of phenols is 1. The SMILES string of the molecule is CCCCOC(=O)/C=C/c1cc2c(cc1O)CCC2. The fourth-order valence-electron chi connectivity index (χ4n) is 2.29. The lowest BCUT2D eigenvalue weighted by Gasteiger charge is -2.04. The fraction of sp³-hybridized carbons (Fsp3) is 0.438. The third-order valence-electron chi connectivity index (χ3n) is 3.38. The quantitative estimate of drug-likeness (QED) is 0.502. The summed E-state index contributed by atoms with van der Waals surface area (Å²) in [4.78, 5) is 11.4. The van der Waals surface area contributed by atoms with Gasteiger partial charge in [-0.2, -0.15) is 0 Å². The average Bonchev–Trinajstić information content (AvgIpc) is 2.83. The van der Waals surface area contributed by atoms with Gasteiger partial charge >= 0.3 is 5.97 Å². The summed E-state index contributed by atoms with van der Waals surface area (Å²) in [5.74, 6) is -0.119. The van der Waals surface area contributed by atoms with Crippen molar-refractivity contribution in [2.75, 3.05) is 6.61 Å². The Balaban J connectivity index is 2.00. The summed E-state index contributed by atoms with van der Waals surface area (Å²) >= 11 is 0. The topological polar surface area (TPSA) is 46.5 Å². The van der Waals surface area contributed by atoms with Crippen LogP contribution in [0.15, 0.2) is 18.2 Å². The van der Waals surface area contributed by atoms with Gasteiger partial charge in [0.05, 0.1) is 6.61 Å². The predicted molar refractivity (Wildman–Crippen MR) is 75.0 cm³/mol. The number of ether oxygens (including phenoxy) is 1. The number of hydrogen-bond acceptors (Lipinski definition) is 3. The second-order valence-electron chi connectivity index (χ2n) is 4.89. The lowest BCUT2D eigenvalue weighted by Crippen LogP contribution is -2.01. The number of carbonyl (C=O) groups is 1. The Morgan fingerprint density at radius 2 is 2.11 bits per heavy atom. The number of carbonyl (C=O) groups excluding carboxylic acids is 1. The molecule has 19 heavy (non-hydrogen) atoms. The van der Waals surface area contributed by atoms with Crippen molar-refractivity contribution in [3.05, 3.63) is 34.9 Å². The van der Waals surface area contributed by atoms with E-state index in [0.29, 0.717) is 12.2 Å². The van der Waals surface area contributed by atoms with Gasteiger partial charge in [-0.05, 0) is 55.0 Å². The van der Waals surface area contributed by atoms with Crippen LogP contribution in [0.5, 0.6) is 5.75 Å². The van der Waals surface area contributed by atoms with Gasteiger partial charge in [-0.25, -0.2) is 4.79 Å². The zero-order chi connectivity index (χ0) is 13.7. The number of esters is 1. The van der Waals surface area contributed by atoms with Gasteiger partial charge in [-0.15, -0.1) is 0 Å². The van der Waals surface area contributed by atoms with E-state index < -0.39 is 0 Å². The molecule has 0 atom stereocenters. The van der Waals surface area contributed by atoms with Crippen LogP contribution in [-0.2, 0) is 22.4 Å². The third-order valence-corrected chi connectivity index (χ3v) is 3.38. The molecule has 3 nitrogen and oxygen atoms in total. The van der Waals surface area contributed by atoms with Crippen LogP contribution in [0.4, 0.5) is 0 Å². The second-order valence-corrected chi connectivity index (χ2v) is 4.89. The minimum absolute atomic E-state index is 0.234. The molecule has 0 bridgehead atoms. The van der Waals surface area contributed by atoms with Crippen LogP contribution in [0, 0.1) is 0 Å². The molecule has 0 unspecified atom stereocenters. The van der Waals surface area contributed by atoms with Crippen molar-refractivity contribution in [1.29, 1.82) is 0 Å². The van der Waals surface area contributed by atoms with E-state index in [9.17, 15) is 9.90 Å². The van der Waals surface area contributed by atoms with Crippen molar-refractivity contribution in [1.82, 2.24) is 0 Å². The summed E-state index contributed by atoms with van der Waals surface area (Å²) in [5.41, 5.74) is 3.19. The van der Waals surface area contributed by atoms with Gasteiger partial charge in [0.15, 0.2) is 0 Å². The fourth-order valence-corrected chi connectivity index (χ4v) is 2.29. The maximum atomic E-state index is 11.4. The second kappa shape index (κ2) is 6.41. The number of benzene rings is 1. The summed E-state index contributed by atoms with van der Waals surface area (Å²) in [6.07, 6.45) is 8.12. The smallest absolute Gasteiger partial charge is 0.330 e. The Bertz CT molecular complexity index is 489. The van der Waals surface area contributed by atoms with Crippen LogP contribution < -0.4 is 0 Å². The molecule has 0 saturated heterocycles. The van der Waals surface area contributed by atoms with Crippen LogP contribution in [-0.4, -0.2) is 17.7 Å². The first kappa shape index (κ1) is 13.7. The maximum Gasteiger partial charge on any atom is 0.330 e. The third kappa shape index (κ3) is 3.60. The zero-order valence-corrected chi connectivity index (χ0v) is 11.3. The van der Waals surface area contributed by atoms with Crippen molar-refractivity contribution >= 4 is 12.0 Å². The molecule has 0 saturated carbocycles. The van der Waals surface area contributed by atoms with E-state index in [1.165, 1.54) is 17.2 Å². The Morgan fingerprint density at radius 1 is 1.37 bits per heavy atom. The summed E-state index contributed by atoms with van der Waals surface area (Å²) < 4.78 is 5.03. The first-order valence-corrected chi connectivity index (χ1v) is 6.90. The van der Waals surface area contributed by atoms with E-state index in [0.717, 1.165) is 32.1 Å². The molecule has 0 aliphatic heterocycles. The Hall–Kier alpha value is -1.77. The molecule has 1 N–H and O–H groups in total. The van der Waals surface area contributed by atoms with E-state index in [1.54, 1.807) is 6.08 Å². The van der Waals surface area contributed by atoms with Crippen LogP contribution in [0.1, 0.15) is 42.9 Å². The first-order valence-electron chi connectivity index (χ1n) is 6.90. The predicted octanol–water partition coefficient (Wildman–Crippen LogP) is 3.24. The minimum atomic E-state index is -0.353. The molecular weight excluding hydrogens is 240 g/mol. The molecule has 0 radical (unpaired) electrons. The molecule has 0 spiro atoms. The molecule has 1 aromatic rings. The highest BCUT2D eigenvalue weighted by atomic mass is 16.5. The minimum Gasteiger partial charge on any atom is -0.507 e. The van der Waals surface area contributed by atoms with Gasteiger partial charge in [0, 0.05) is 11.6 Å². The van der Waals surface area contributed by atoms with Crippen molar-refractivity contribution in [3.8, 4) is 5.75 Å². The van der Waals surface area contributed by atoms with Gasteiger partial charge in [0.1, 0.15) is 5.75 Å². The summed E-state index contributed by atoms with van der Waals surface area (Å²) in [6.45, 7) is 2.50. The average molecular weight is 260 g/mol. The monoisotopic (exact) mass is 260 g/mol. The van der Waals surface area contributed by atoms with E-state index in [4.69, 9.17) is 4.74 Å². The number of fused-ring (bicyclic) bond motifs is 1. The van der Waals surface area contributed by atoms with Gasteiger partial charge in [0.2, 0.25) is 0 Å². The molecule has 1 aliphatic rings. The van der Waals surface area contributed by atoms with E-state index >= 15 is 0 Å². The maximum absolute atomic E-state index is 11.4. The first-order chi connectivity index (χ1) is 9.20. The number of rotatable bonds is 5. The number of phenolic OH excluding ortho intramolecular Hbond substituents is 1. The van der Waals surface area contributed by atoms with Crippen LogP contribution >= 0.6 is 0 Å². The molecular formula is C16H20O3. The van der Waals surface area contributed by atoms with Crippen molar-refractivity contribution < 1.29 is 14.6 Å². The molecule has 3 heteroatoms. The molecule has 0 fully saturated rings. The lowest BCUT2D eigenvalue weighted by atomic mass is 10.0. The number of aromatic hydroxyl groups is 1. The summed E-state index contributed by atoms with van der Waals surface area (Å²) in [6, 6.07) is 3.78. The molecule has 2 rings (SSSR count). The van der Waals surface area contributed by atoms with Crippen molar-refractivity contribution in [2.45, 2.75) is 39.0 Å². The highest BCUT2D eigenvalue weighted by Gasteiger charge is 2.13. The molecule has 0 aromatic heterocycles. The van der Waals surface area contributed by atoms with Crippen molar-refractivity contribution in [3.63, 3.8) is 0 Å². The zero-order valence-electron chi connectivity index (χ0n) is 11.3. The van der Waals surface area contributed by atoms with Gasteiger partial charge < -0.3 is 9.84 Å². The van der Waals surface area contributed by atoms with E-state index in [-0.39, 0.29) is 11.7 Å². The van der Waals surface area contributed by atoms with Gasteiger partial charge in [0.25, 0.3) is 0 Å². The molecule has 1 aliphatic carbocycles. The summed E-state index contributed by atoms with van der Waals surface area (Å²) in [5, 5.41) is 9.90. The lowest BCUT2D eigenvalue weighted by molar-refractivity contribution is -0.137. The van der Waals surface area contributed by atoms with Crippen LogP contribution in [0.3, 0.4) is 0 Å². The normalized spacial score (nSPS) is 13.7. The Labute approximate surface area is 113 Å². The van der Waals surface area contributed by atoms with E-state index in [1.807, 2.05) is 19.1 Å². The Kier molecular flexibility index (Phi) is 4.61. The highest BCUT2D eigenvalue weighted by Crippen LogP contribution is 2.29. The Morgan fingerprint density at radius 3 is 2.84 bits per heavy atom. The molecule has 102 valence electrons. The van der Waals surface area contributed by atoms with E-state index in [2.05, 4.69) is 0 Å². The van der Waals surface area contributed by atoms with Crippen molar-refractivity contribution in [2.24, 2.45) is 0 Å². The molecule has 1 aromatic carbocycles. The number of hydrogen-bond donors (Lipinski definition) is 1. The molecule has 0 amide bonds. The number of unbranched alkanes of at least 4 members (excludes halogenated alkanes) is 1. The van der Waals surface area contributed by atoms with Gasteiger partial charge in [-0.1, -0.05) is 13.3 Å². The van der Waals surface area contributed by atoms with Crippen LogP contribution in [0.25, 0.3) is 6.08 Å². The largest absolute Gasteiger partial charge is 0.507 e. The highest BCUT2D eigenvalue weighted by molar-refractivity contribution is 5.87. The van der Waals surface area contributed by atoms with Gasteiger partial charge in [-0.3, -0.25) is 0 Å².